The molecule has 1 saturated heterocycles. The lowest BCUT2D eigenvalue weighted by Crippen LogP contribution is -2.32. The van der Waals surface area contributed by atoms with E-state index in [9.17, 15) is 15.1 Å². The lowest BCUT2D eigenvalue weighted by molar-refractivity contribution is -0.645. The summed E-state index contributed by atoms with van der Waals surface area (Å²) < 4.78 is 13.6. The number of rotatable bonds is 9. The van der Waals surface area contributed by atoms with Crippen LogP contribution in [0.5, 0.6) is 0 Å². The summed E-state index contributed by atoms with van der Waals surface area (Å²) in [6, 6.07) is 30.1. The molecular weight excluding hydrogens is 512 g/mol. The van der Waals surface area contributed by atoms with E-state index < -0.39 is 6.29 Å². The van der Waals surface area contributed by atoms with Crippen molar-refractivity contribution in [2.75, 3.05) is 5.75 Å². The molecule has 1 aliphatic heterocycles. The van der Waals surface area contributed by atoms with Gasteiger partial charge in [-0.1, -0.05) is 78.5 Å². The highest BCUT2D eigenvalue weighted by atomic mass is 32.2. The molecule has 1 amide bonds. The first-order valence-electron chi connectivity index (χ1n) is 12.8. The molecule has 0 aliphatic carbocycles. The Balaban J connectivity index is 1.28. The number of aliphatic hydroxyl groups is 1. The number of hydrogen-bond donors (Lipinski definition) is 2. The van der Waals surface area contributed by atoms with Crippen LogP contribution in [0.3, 0.4) is 0 Å². The van der Waals surface area contributed by atoms with E-state index in [1.165, 1.54) is 18.0 Å². The normalized spacial score (nSPS) is 18.9. The number of carbonyl (C=O) groups excluding carboxylic acids is 1. The number of thioether (sulfide) groups is 1. The van der Waals surface area contributed by atoms with E-state index in [0.29, 0.717) is 29.3 Å². The Bertz CT molecular complexity index is 1370. The average Bonchev–Trinajstić information content (AvgIpc) is 3.00. The lowest BCUT2D eigenvalue weighted by Gasteiger charge is -2.36. The van der Waals surface area contributed by atoms with Gasteiger partial charge in [0.15, 0.2) is 12.5 Å². The lowest BCUT2D eigenvalue weighted by atomic mass is 10.0. The Kier molecular flexibility index (Phi) is 8.90. The standard InChI is InChI=1S/C31H30N2O5S/c34-20-23-11-13-24(14-12-23)28-18-27(21-39-29-8-4-5-17-33(29)36)37-31(38-28)26-15-9-22(10-16-26)19-32-30(35)25-6-2-1-3-7-25/h1-17,27-28,31,34H,18-21H2,(H,32,35)/t27-,28+,31+/m1/s1. The summed E-state index contributed by atoms with van der Waals surface area (Å²) >= 11 is 1.46. The number of hydrogen-bond acceptors (Lipinski definition) is 6. The van der Waals surface area contributed by atoms with Crippen LogP contribution in [-0.2, 0) is 22.6 Å². The van der Waals surface area contributed by atoms with Gasteiger partial charge in [0.05, 0.1) is 18.8 Å². The van der Waals surface area contributed by atoms with Crippen molar-refractivity contribution in [2.45, 2.75) is 43.1 Å². The van der Waals surface area contributed by atoms with Gasteiger partial charge in [0.1, 0.15) is 0 Å². The number of amides is 1. The highest BCUT2D eigenvalue weighted by Crippen LogP contribution is 2.39. The zero-order chi connectivity index (χ0) is 27.0. The Morgan fingerprint density at radius 2 is 1.59 bits per heavy atom. The third kappa shape index (κ3) is 7.04. The summed E-state index contributed by atoms with van der Waals surface area (Å²) in [7, 11) is 0. The maximum Gasteiger partial charge on any atom is 0.251 e. The van der Waals surface area contributed by atoms with Crippen LogP contribution in [0.4, 0.5) is 0 Å². The van der Waals surface area contributed by atoms with E-state index >= 15 is 0 Å². The monoisotopic (exact) mass is 542 g/mol. The molecule has 3 aromatic carbocycles. The van der Waals surface area contributed by atoms with E-state index in [0.717, 1.165) is 27.0 Å². The van der Waals surface area contributed by atoms with E-state index in [1.807, 2.05) is 72.8 Å². The van der Waals surface area contributed by atoms with Gasteiger partial charge in [0, 0.05) is 42.0 Å². The van der Waals surface area contributed by atoms with E-state index in [-0.39, 0.29) is 24.7 Å². The molecular formula is C31H30N2O5S. The van der Waals surface area contributed by atoms with Gasteiger partial charge in [-0.05, 0) is 34.9 Å². The number of aliphatic hydroxyl groups excluding tert-OH is 1. The van der Waals surface area contributed by atoms with E-state index in [2.05, 4.69) is 5.32 Å². The molecule has 8 heteroatoms. The third-order valence-electron chi connectivity index (χ3n) is 6.56. The molecule has 0 radical (unpaired) electrons. The van der Waals surface area contributed by atoms with Gasteiger partial charge in [-0.2, -0.15) is 4.73 Å². The van der Waals surface area contributed by atoms with E-state index in [4.69, 9.17) is 9.47 Å². The molecule has 2 N–H and O–H groups in total. The van der Waals surface area contributed by atoms with Crippen LogP contribution in [-0.4, -0.2) is 22.9 Å². The van der Waals surface area contributed by atoms with Crippen LogP contribution in [0.2, 0.25) is 0 Å². The minimum absolute atomic E-state index is 0.0127. The SMILES string of the molecule is O=C(NCc1ccc([C@H]2O[C@@H](CSc3cccc[n+]3[O-])C[C@@H](c3ccc(CO)cc3)O2)cc1)c1ccccc1. The molecule has 4 aromatic rings. The van der Waals surface area contributed by atoms with Crippen molar-refractivity contribution in [3.05, 3.63) is 136 Å². The van der Waals surface area contributed by atoms with Crippen molar-refractivity contribution in [2.24, 2.45) is 0 Å². The fourth-order valence-electron chi connectivity index (χ4n) is 4.39. The molecule has 200 valence electrons. The fraction of sp³-hybridized carbons (Fsp3) is 0.226. The Labute approximate surface area is 232 Å². The van der Waals surface area contributed by atoms with Crippen molar-refractivity contribution in [1.29, 1.82) is 0 Å². The second kappa shape index (κ2) is 12.9. The van der Waals surface area contributed by atoms with Crippen LogP contribution in [0.15, 0.2) is 108 Å². The fourth-order valence-corrected chi connectivity index (χ4v) is 5.33. The van der Waals surface area contributed by atoms with Crippen molar-refractivity contribution in [3.63, 3.8) is 0 Å². The second-order valence-corrected chi connectivity index (χ2v) is 10.4. The summed E-state index contributed by atoms with van der Waals surface area (Å²) in [5.41, 5.74) is 4.31. The van der Waals surface area contributed by atoms with Crippen LogP contribution in [0.1, 0.15) is 51.4 Å². The Morgan fingerprint density at radius 3 is 2.31 bits per heavy atom. The van der Waals surface area contributed by atoms with Crippen LogP contribution in [0.25, 0.3) is 0 Å². The van der Waals surface area contributed by atoms with Crippen molar-refractivity contribution in [1.82, 2.24) is 5.32 Å². The molecule has 3 atom stereocenters. The third-order valence-corrected chi connectivity index (χ3v) is 7.71. The predicted octanol–water partition coefficient (Wildman–Crippen LogP) is 5.08. The number of aromatic nitrogens is 1. The first-order valence-corrected chi connectivity index (χ1v) is 13.8. The van der Waals surface area contributed by atoms with Gasteiger partial charge in [-0.15, -0.1) is 0 Å². The molecule has 1 aromatic heterocycles. The Hall–Kier alpha value is -3.69. The van der Waals surface area contributed by atoms with Crippen molar-refractivity contribution < 1.29 is 24.1 Å². The zero-order valence-electron chi connectivity index (χ0n) is 21.3. The molecule has 0 spiro atoms. The van der Waals surface area contributed by atoms with Gasteiger partial charge in [0.2, 0.25) is 0 Å². The number of ether oxygens (including phenoxy) is 2. The Morgan fingerprint density at radius 1 is 0.897 bits per heavy atom. The van der Waals surface area contributed by atoms with Gasteiger partial charge < -0.3 is 25.1 Å². The number of benzene rings is 3. The maximum absolute atomic E-state index is 12.4. The summed E-state index contributed by atoms with van der Waals surface area (Å²) in [6.45, 7) is 0.396. The molecule has 5 rings (SSSR count). The average molecular weight is 543 g/mol. The summed E-state index contributed by atoms with van der Waals surface area (Å²) in [5, 5.41) is 25.1. The molecule has 1 aliphatic rings. The highest BCUT2D eigenvalue weighted by Gasteiger charge is 2.32. The molecule has 2 heterocycles. The first kappa shape index (κ1) is 26.9. The largest absolute Gasteiger partial charge is 0.618 e. The van der Waals surface area contributed by atoms with Crippen molar-refractivity contribution in [3.8, 4) is 0 Å². The van der Waals surface area contributed by atoms with Crippen LogP contribution >= 0.6 is 11.8 Å². The van der Waals surface area contributed by atoms with Crippen LogP contribution < -0.4 is 10.0 Å². The molecule has 7 nitrogen and oxygen atoms in total. The smallest absolute Gasteiger partial charge is 0.251 e. The molecule has 0 bridgehead atoms. The summed E-state index contributed by atoms with van der Waals surface area (Å²) in [5.74, 6) is 0.479. The van der Waals surface area contributed by atoms with Gasteiger partial charge in [-0.25, -0.2) is 0 Å². The predicted molar refractivity (Wildman–Crippen MR) is 149 cm³/mol. The summed E-state index contributed by atoms with van der Waals surface area (Å²) in [4.78, 5) is 12.4. The quantitative estimate of drug-likeness (QED) is 0.174. The minimum atomic E-state index is -0.588. The minimum Gasteiger partial charge on any atom is -0.618 e. The van der Waals surface area contributed by atoms with Gasteiger partial charge in [0.25, 0.3) is 10.9 Å². The van der Waals surface area contributed by atoms with Crippen LogP contribution in [0, 0.1) is 5.21 Å². The van der Waals surface area contributed by atoms with Gasteiger partial charge in [-0.3, -0.25) is 4.79 Å². The maximum atomic E-state index is 12.4. The molecule has 39 heavy (non-hydrogen) atoms. The zero-order valence-corrected chi connectivity index (χ0v) is 22.1. The number of nitrogens with one attached hydrogen (secondary N) is 1. The van der Waals surface area contributed by atoms with Crippen molar-refractivity contribution >= 4 is 17.7 Å². The summed E-state index contributed by atoms with van der Waals surface area (Å²) in [6.07, 6.45) is 1.18. The highest BCUT2D eigenvalue weighted by molar-refractivity contribution is 7.99. The first-order chi connectivity index (χ1) is 19.1. The molecule has 0 unspecified atom stereocenters. The molecule has 0 saturated carbocycles. The van der Waals surface area contributed by atoms with E-state index in [1.54, 1.807) is 24.3 Å². The molecule has 1 fully saturated rings. The number of nitrogens with zero attached hydrogens (tertiary/aromatic N) is 1. The number of carbonyl (C=O) groups is 1. The van der Waals surface area contributed by atoms with Gasteiger partial charge >= 0.3 is 0 Å². The topological polar surface area (TPSA) is 94.7 Å². The second-order valence-electron chi connectivity index (χ2n) is 9.32. The number of pyridine rings is 1.